The number of hydrogen-bond acceptors (Lipinski definition) is 2. The third-order valence-electron chi connectivity index (χ3n) is 3.20. The van der Waals surface area contributed by atoms with Crippen LogP contribution in [0.25, 0.3) is 0 Å². The van der Waals surface area contributed by atoms with E-state index in [0.29, 0.717) is 13.1 Å². The lowest BCUT2D eigenvalue weighted by atomic mass is 10.1. The van der Waals surface area contributed by atoms with Crippen molar-refractivity contribution in [3.05, 3.63) is 29.8 Å². The molecule has 1 aliphatic rings. The van der Waals surface area contributed by atoms with E-state index in [2.05, 4.69) is 19.1 Å². The van der Waals surface area contributed by atoms with Gasteiger partial charge < -0.3 is 10.6 Å². The van der Waals surface area contributed by atoms with Crippen molar-refractivity contribution >= 4 is 11.6 Å². The average Bonchev–Trinajstić information content (AvgIpc) is 3.20. The van der Waals surface area contributed by atoms with Gasteiger partial charge in [-0.3, -0.25) is 4.79 Å². The van der Waals surface area contributed by atoms with Crippen LogP contribution in [0.4, 0.5) is 5.69 Å². The quantitative estimate of drug-likeness (QED) is 0.843. The van der Waals surface area contributed by atoms with Gasteiger partial charge in [0, 0.05) is 24.7 Å². The Morgan fingerprint density at radius 1 is 1.35 bits per heavy atom. The van der Waals surface area contributed by atoms with Crippen molar-refractivity contribution in [1.29, 1.82) is 0 Å². The molecular formula is C14H20N2O. The van der Waals surface area contributed by atoms with E-state index < -0.39 is 0 Å². The first-order valence-electron chi connectivity index (χ1n) is 6.36. The molecule has 0 aliphatic heterocycles. The van der Waals surface area contributed by atoms with Crippen LogP contribution in [-0.2, 0) is 11.2 Å². The summed E-state index contributed by atoms with van der Waals surface area (Å²) in [5.74, 6) is 0.479. The van der Waals surface area contributed by atoms with Crippen LogP contribution in [0.15, 0.2) is 24.3 Å². The Hall–Kier alpha value is -1.35. The minimum absolute atomic E-state index is 0.236. The van der Waals surface area contributed by atoms with E-state index in [1.165, 1.54) is 5.56 Å². The van der Waals surface area contributed by atoms with Crippen LogP contribution in [0.2, 0.25) is 0 Å². The van der Waals surface area contributed by atoms with Crippen molar-refractivity contribution in [2.75, 3.05) is 18.0 Å². The number of nitrogens with two attached hydrogens (primary N) is 1. The van der Waals surface area contributed by atoms with Gasteiger partial charge in [0.15, 0.2) is 0 Å². The number of benzene rings is 1. The SMILES string of the molecule is CCc1ccc(N(CCN)C(=O)C2CC2)cc1. The molecule has 0 bridgehead atoms. The predicted octanol–water partition coefficient (Wildman–Crippen LogP) is 1.95. The van der Waals surface area contributed by atoms with E-state index in [1.54, 1.807) is 0 Å². The predicted molar refractivity (Wildman–Crippen MR) is 70.0 cm³/mol. The van der Waals surface area contributed by atoms with Gasteiger partial charge in [-0.15, -0.1) is 0 Å². The van der Waals surface area contributed by atoms with Crippen LogP contribution in [0.3, 0.4) is 0 Å². The molecule has 1 aromatic rings. The van der Waals surface area contributed by atoms with Gasteiger partial charge >= 0.3 is 0 Å². The fourth-order valence-corrected chi connectivity index (χ4v) is 1.96. The molecule has 2 rings (SSSR count). The van der Waals surface area contributed by atoms with Gasteiger partial charge in [0.05, 0.1) is 0 Å². The molecule has 1 amide bonds. The second-order valence-electron chi connectivity index (χ2n) is 4.57. The number of carbonyl (C=O) groups is 1. The first-order chi connectivity index (χ1) is 8.26. The highest BCUT2D eigenvalue weighted by Gasteiger charge is 2.33. The number of rotatable bonds is 5. The van der Waals surface area contributed by atoms with Gasteiger partial charge in [-0.1, -0.05) is 19.1 Å². The molecule has 3 nitrogen and oxygen atoms in total. The second kappa shape index (κ2) is 5.32. The number of hydrogen-bond donors (Lipinski definition) is 1. The van der Waals surface area contributed by atoms with Crippen LogP contribution in [-0.4, -0.2) is 19.0 Å². The molecule has 0 atom stereocenters. The zero-order chi connectivity index (χ0) is 12.3. The summed E-state index contributed by atoms with van der Waals surface area (Å²) in [7, 11) is 0. The molecule has 0 unspecified atom stereocenters. The lowest BCUT2D eigenvalue weighted by Crippen LogP contribution is -2.36. The van der Waals surface area contributed by atoms with E-state index in [-0.39, 0.29) is 11.8 Å². The van der Waals surface area contributed by atoms with Crippen molar-refractivity contribution in [2.24, 2.45) is 11.7 Å². The third-order valence-corrected chi connectivity index (χ3v) is 3.20. The second-order valence-corrected chi connectivity index (χ2v) is 4.57. The summed E-state index contributed by atoms with van der Waals surface area (Å²) in [6.07, 6.45) is 3.09. The highest BCUT2D eigenvalue weighted by atomic mass is 16.2. The molecule has 3 heteroatoms. The summed E-state index contributed by atoms with van der Waals surface area (Å²) in [5, 5.41) is 0. The zero-order valence-corrected chi connectivity index (χ0v) is 10.4. The van der Waals surface area contributed by atoms with Crippen LogP contribution < -0.4 is 10.6 Å². The minimum atomic E-state index is 0.236. The number of aryl methyl sites for hydroxylation is 1. The van der Waals surface area contributed by atoms with Crippen LogP contribution in [0.1, 0.15) is 25.3 Å². The summed E-state index contributed by atoms with van der Waals surface area (Å²) in [5.41, 5.74) is 7.86. The Bertz CT molecular complexity index is 382. The molecule has 0 spiro atoms. The summed E-state index contributed by atoms with van der Waals surface area (Å²) in [6, 6.07) is 8.21. The molecule has 0 aromatic heterocycles. The molecule has 1 aliphatic carbocycles. The Balaban J connectivity index is 2.15. The maximum atomic E-state index is 12.1. The largest absolute Gasteiger partial charge is 0.329 e. The molecule has 17 heavy (non-hydrogen) atoms. The molecule has 1 aromatic carbocycles. The Labute approximate surface area is 103 Å². The van der Waals surface area contributed by atoms with E-state index in [1.807, 2.05) is 17.0 Å². The Kier molecular flexibility index (Phi) is 3.79. The van der Waals surface area contributed by atoms with Crippen molar-refractivity contribution in [2.45, 2.75) is 26.2 Å². The minimum Gasteiger partial charge on any atom is -0.329 e. The van der Waals surface area contributed by atoms with Gasteiger partial charge in [0.25, 0.3) is 0 Å². The lowest BCUT2D eigenvalue weighted by molar-refractivity contribution is -0.119. The van der Waals surface area contributed by atoms with Gasteiger partial charge in [-0.05, 0) is 37.0 Å². The zero-order valence-electron chi connectivity index (χ0n) is 10.4. The normalized spacial score (nSPS) is 14.7. The highest BCUT2D eigenvalue weighted by molar-refractivity contribution is 5.96. The Morgan fingerprint density at radius 2 is 2.00 bits per heavy atom. The number of anilines is 1. The molecule has 1 saturated carbocycles. The number of carbonyl (C=O) groups excluding carboxylic acids is 1. The maximum Gasteiger partial charge on any atom is 0.230 e. The summed E-state index contributed by atoms with van der Waals surface area (Å²) >= 11 is 0. The summed E-state index contributed by atoms with van der Waals surface area (Å²) in [6.45, 7) is 3.25. The monoisotopic (exact) mass is 232 g/mol. The fourth-order valence-electron chi connectivity index (χ4n) is 1.96. The van der Waals surface area contributed by atoms with Crippen LogP contribution >= 0.6 is 0 Å². The van der Waals surface area contributed by atoms with Gasteiger partial charge in [0.1, 0.15) is 0 Å². The van der Waals surface area contributed by atoms with E-state index in [4.69, 9.17) is 5.73 Å². The van der Waals surface area contributed by atoms with Crippen LogP contribution in [0.5, 0.6) is 0 Å². The summed E-state index contributed by atoms with van der Waals surface area (Å²) in [4.78, 5) is 14.0. The number of amides is 1. The molecule has 2 N–H and O–H groups in total. The first-order valence-corrected chi connectivity index (χ1v) is 6.36. The van der Waals surface area contributed by atoms with Crippen molar-refractivity contribution in [1.82, 2.24) is 0 Å². The fraction of sp³-hybridized carbons (Fsp3) is 0.500. The molecule has 0 heterocycles. The van der Waals surface area contributed by atoms with Crippen LogP contribution in [0, 0.1) is 5.92 Å². The van der Waals surface area contributed by atoms with Crippen molar-refractivity contribution < 1.29 is 4.79 Å². The van der Waals surface area contributed by atoms with Crippen molar-refractivity contribution in [3.63, 3.8) is 0 Å². The first kappa shape index (κ1) is 12.1. The van der Waals surface area contributed by atoms with Gasteiger partial charge in [-0.25, -0.2) is 0 Å². The molecule has 0 radical (unpaired) electrons. The molecule has 92 valence electrons. The standard InChI is InChI=1S/C14H20N2O/c1-2-11-3-7-13(8-4-11)16(10-9-15)14(17)12-5-6-12/h3-4,7-8,12H,2,5-6,9-10,15H2,1H3. The Morgan fingerprint density at radius 3 is 2.47 bits per heavy atom. The van der Waals surface area contributed by atoms with Gasteiger partial charge in [0.2, 0.25) is 5.91 Å². The molecular weight excluding hydrogens is 212 g/mol. The maximum absolute atomic E-state index is 12.1. The highest BCUT2D eigenvalue weighted by Crippen LogP contribution is 2.32. The van der Waals surface area contributed by atoms with E-state index in [0.717, 1.165) is 24.9 Å². The smallest absolute Gasteiger partial charge is 0.230 e. The molecule has 0 saturated heterocycles. The van der Waals surface area contributed by atoms with E-state index in [9.17, 15) is 4.79 Å². The average molecular weight is 232 g/mol. The number of nitrogens with zero attached hydrogens (tertiary/aromatic N) is 1. The van der Waals surface area contributed by atoms with Crippen molar-refractivity contribution in [3.8, 4) is 0 Å². The van der Waals surface area contributed by atoms with Gasteiger partial charge in [-0.2, -0.15) is 0 Å². The van der Waals surface area contributed by atoms with E-state index >= 15 is 0 Å². The third kappa shape index (κ3) is 2.86. The molecule has 1 fully saturated rings. The summed E-state index contributed by atoms with van der Waals surface area (Å²) < 4.78 is 0. The lowest BCUT2D eigenvalue weighted by Gasteiger charge is -2.22. The topological polar surface area (TPSA) is 46.3 Å².